The third-order valence-corrected chi connectivity index (χ3v) is 13.2. The van der Waals surface area contributed by atoms with Gasteiger partial charge in [-0.05, 0) is 59.2 Å². The molecule has 0 aliphatic carbocycles. The SMILES string of the molecule is c1ccc(-c2nc(-c3ccccc3)nc(-c3cccc4c3oc3c(-c5ccc6c(c5)sc5ccccc56)cc(-c5ccc6c(c5)sc5ccccc56)cc34)n2)cc1. The van der Waals surface area contributed by atoms with Gasteiger partial charge in [0.25, 0.3) is 0 Å². The van der Waals surface area contributed by atoms with Crippen LogP contribution >= 0.6 is 22.7 Å². The Hall–Kier alpha value is -6.99. The number of nitrogens with zero attached hydrogens (tertiary/aromatic N) is 3. The molecule has 0 amide bonds. The fraction of sp³-hybridized carbons (Fsp3) is 0. The molecule has 0 aliphatic rings. The highest BCUT2D eigenvalue weighted by molar-refractivity contribution is 7.26. The van der Waals surface area contributed by atoms with Gasteiger partial charge >= 0.3 is 0 Å². The quantitative estimate of drug-likeness (QED) is 0.175. The summed E-state index contributed by atoms with van der Waals surface area (Å²) in [7, 11) is 0. The van der Waals surface area contributed by atoms with Crippen LogP contribution in [0, 0.1) is 0 Å². The molecule has 4 aromatic heterocycles. The highest BCUT2D eigenvalue weighted by Gasteiger charge is 2.21. The van der Waals surface area contributed by atoms with E-state index in [1.54, 1.807) is 0 Å². The minimum atomic E-state index is 0.566. The number of para-hydroxylation sites is 1. The molecule has 266 valence electrons. The van der Waals surface area contributed by atoms with Gasteiger partial charge in [0.05, 0.1) is 5.56 Å². The van der Waals surface area contributed by atoms with Gasteiger partial charge in [-0.2, -0.15) is 0 Å². The molecule has 0 spiro atoms. The van der Waals surface area contributed by atoms with E-state index in [9.17, 15) is 0 Å². The highest BCUT2D eigenvalue weighted by Crippen LogP contribution is 2.45. The average Bonchev–Trinajstić information content (AvgIpc) is 3.97. The molecule has 6 heteroatoms. The van der Waals surface area contributed by atoms with E-state index in [1.165, 1.54) is 45.9 Å². The van der Waals surface area contributed by atoms with Crippen LogP contribution < -0.4 is 0 Å². The first-order chi connectivity index (χ1) is 28.2. The zero-order chi connectivity index (χ0) is 37.5. The van der Waals surface area contributed by atoms with Crippen molar-refractivity contribution in [1.29, 1.82) is 0 Å². The molecular formula is C51H29N3OS2. The molecule has 0 radical (unpaired) electrons. The molecule has 0 fully saturated rings. The molecule has 8 aromatic carbocycles. The monoisotopic (exact) mass is 763 g/mol. The lowest BCUT2D eigenvalue weighted by Crippen LogP contribution is -2.00. The molecule has 12 rings (SSSR count). The normalized spacial score (nSPS) is 11.9. The average molecular weight is 764 g/mol. The molecule has 0 N–H and O–H groups in total. The molecular weight excluding hydrogens is 735 g/mol. The Bertz CT molecular complexity index is 3470. The van der Waals surface area contributed by atoms with Crippen LogP contribution in [0.2, 0.25) is 0 Å². The van der Waals surface area contributed by atoms with Crippen LogP contribution in [0.15, 0.2) is 180 Å². The van der Waals surface area contributed by atoms with Crippen LogP contribution in [-0.4, -0.2) is 15.0 Å². The third kappa shape index (κ3) is 5.30. The number of aromatic nitrogens is 3. The topological polar surface area (TPSA) is 51.8 Å². The Morgan fingerprint density at radius 1 is 0.298 bits per heavy atom. The fourth-order valence-electron chi connectivity index (χ4n) is 8.19. The summed E-state index contributed by atoms with van der Waals surface area (Å²) in [4.78, 5) is 15.1. The first kappa shape index (κ1) is 32.3. The van der Waals surface area contributed by atoms with Crippen molar-refractivity contribution in [2.24, 2.45) is 0 Å². The van der Waals surface area contributed by atoms with Crippen molar-refractivity contribution in [1.82, 2.24) is 15.0 Å². The molecule has 0 saturated carbocycles. The summed E-state index contributed by atoms with van der Waals surface area (Å²) >= 11 is 3.68. The second-order valence-electron chi connectivity index (χ2n) is 14.3. The van der Waals surface area contributed by atoms with Crippen LogP contribution in [0.4, 0.5) is 0 Å². The zero-order valence-corrected chi connectivity index (χ0v) is 31.9. The number of rotatable bonds is 5. The molecule has 0 bridgehead atoms. The first-order valence-corrected chi connectivity index (χ1v) is 20.6. The lowest BCUT2D eigenvalue weighted by Gasteiger charge is -2.09. The van der Waals surface area contributed by atoms with Gasteiger partial charge in [-0.15, -0.1) is 22.7 Å². The largest absolute Gasteiger partial charge is 0.455 e. The van der Waals surface area contributed by atoms with Gasteiger partial charge in [0.1, 0.15) is 11.2 Å². The summed E-state index contributed by atoms with van der Waals surface area (Å²) in [5, 5.41) is 7.21. The van der Waals surface area contributed by atoms with E-state index in [2.05, 4.69) is 115 Å². The summed E-state index contributed by atoms with van der Waals surface area (Å²) in [6.07, 6.45) is 0. The Labute approximate surface area is 335 Å². The highest BCUT2D eigenvalue weighted by atomic mass is 32.1. The Morgan fingerprint density at radius 3 is 1.46 bits per heavy atom. The van der Waals surface area contributed by atoms with Gasteiger partial charge in [0, 0.05) is 67.8 Å². The van der Waals surface area contributed by atoms with Crippen LogP contribution in [0.3, 0.4) is 0 Å². The van der Waals surface area contributed by atoms with Crippen molar-refractivity contribution in [2.45, 2.75) is 0 Å². The van der Waals surface area contributed by atoms with Gasteiger partial charge in [-0.25, -0.2) is 15.0 Å². The minimum absolute atomic E-state index is 0.566. The van der Waals surface area contributed by atoms with Gasteiger partial charge in [-0.3, -0.25) is 0 Å². The van der Waals surface area contributed by atoms with E-state index < -0.39 is 0 Å². The molecule has 12 aromatic rings. The molecule has 0 saturated heterocycles. The van der Waals surface area contributed by atoms with Gasteiger partial charge in [0.2, 0.25) is 0 Å². The molecule has 0 aliphatic heterocycles. The predicted molar refractivity (Wildman–Crippen MR) is 240 cm³/mol. The van der Waals surface area contributed by atoms with E-state index in [1.807, 2.05) is 83.3 Å². The fourth-order valence-corrected chi connectivity index (χ4v) is 10.5. The van der Waals surface area contributed by atoms with Crippen LogP contribution in [0.25, 0.3) is 119 Å². The van der Waals surface area contributed by atoms with Crippen molar-refractivity contribution in [3.8, 4) is 56.4 Å². The number of furan rings is 1. The molecule has 0 atom stereocenters. The Balaban J connectivity index is 1.11. The summed E-state index contributed by atoms with van der Waals surface area (Å²) in [6.45, 7) is 0. The smallest absolute Gasteiger partial charge is 0.167 e. The van der Waals surface area contributed by atoms with Gasteiger partial charge in [0.15, 0.2) is 17.5 Å². The van der Waals surface area contributed by atoms with Gasteiger partial charge < -0.3 is 4.42 Å². The predicted octanol–water partition coefficient (Wildman–Crippen LogP) is 14.8. The van der Waals surface area contributed by atoms with Crippen molar-refractivity contribution in [2.75, 3.05) is 0 Å². The maximum Gasteiger partial charge on any atom is 0.167 e. The lowest BCUT2D eigenvalue weighted by atomic mass is 9.94. The van der Waals surface area contributed by atoms with Crippen LogP contribution in [0.1, 0.15) is 0 Å². The van der Waals surface area contributed by atoms with Crippen LogP contribution in [0.5, 0.6) is 0 Å². The molecule has 0 unspecified atom stereocenters. The molecule has 57 heavy (non-hydrogen) atoms. The van der Waals surface area contributed by atoms with E-state index in [0.29, 0.717) is 17.5 Å². The standard InChI is InChI=1S/C51H29N3OS2/c1-3-12-30(13-4-1)49-52-50(31-14-5-2-6-15-31)54-51(53-49)40-19-11-18-39-42-27-34(32-22-24-37-35-16-7-9-20-43(35)56-45(37)28-32)26-41(48(42)55-47(39)40)33-23-25-38-36-17-8-10-21-44(36)57-46(38)29-33/h1-29H. The zero-order valence-electron chi connectivity index (χ0n) is 30.3. The van der Waals surface area contributed by atoms with Gasteiger partial charge in [-0.1, -0.05) is 133 Å². The van der Waals surface area contributed by atoms with Crippen molar-refractivity contribution in [3.05, 3.63) is 176 Å². The van der Waals surface area contributed by atoms with Crippen LogP contribution in [-0.2, 0) is 0 Å². The van der Waals surface area contributed by atoms with Crippen molar-refractivity contribution < 1.29 is 4.42 Å². The number of fused-ring (bicyclic) bond motifs is 9. The molecule has 4 heterocycles. The lowest BCUT2D eigenvalue weighted by molar-refractivity contribution is 0.670. The second-order valence-corrected chi connectivity index (χ2v) is 16.5. The van der Waals surface area contributed by atoms with E-state index >= 15 is 0 Å². The first-order valence-electron chi connectivity index (χ1n) is 18.9. The Kier molecular flexibility index (Phi) is 7.24. The third-order valence-electron chi connectivity index (χ3n) is 10.9. The van der Waals surface area contributed by atoms with Crippen molar-refractivity contribution >= 4 is 85.0 Å². The summed E-state index contributed by atoms with van der Waals surface area (Å²) in [5.41, 5.74) is 8.72. The Morgan fingerprint density at radius 2 is 0.807 bits per heavy atom. The minimum Gasteiger partial charge on any atom is -0.455 e. The number of thiophene rings is 2. The van der Waals surface area contributed by atoms with E-state index in [0.717, 1.165) is 55.3 Å². The number of hydrogen-bond donors (Lipinski definition) is 0. The molecule has 4 nitrogen and oxygen atoms in total. The summed E-state index contributed by atoms with van der Waals surface area (Å²) in [6, 6.07) is 62.1. The van der Waals surface area contributed by atoms with Crippen molar-refractivity contribution in [3.63, 3.8) is 0 Å². The number of benzene rings is 8. The summed E-state index contributed by atoms with van der Waals surface area (Å²) < 4.78 is 12.2. The van der Waals surface area contributed by atoms with E-state index in [-0.39, 0.29) is 0 Å². The summed E-state index contributed by atoms with van der Waals surface area (Å²) in [5.74, 6) is 1.80. The van der Waals surface area contributed by atoms with E-state index in [4.69, 9.17) is 19.4 Å². The number of hydrogen-bond acceptors (Lipinski definition) is 6. The maximum atomic E-state index is 7.09. The second kappa shape index (κ2) is 12.8. The maximum absolute atomic E-state index is 7.09.